The van der Waals surface area contributed by atoms with Crippen LogP contribution in [0.1, 0.15) is 35.3 Å². The van der Waals surface area contributed by atoms with E-state index < -0.39 is 0 Å². The lowest BCUT2D eigenvalue weighted by molar-refractivity contribution is 0.101. The second-order valence-corrected chi connectivity index (χ2v) is 5.45. The van der Waals surface area contributed by atoms with Crippen LogP contribution in [-0.4, -0.2) is 11.8 Å². The molecule has 104 valence electrons. The molecule has 0 radical (unpaired) electrons. The molecule has 0 saturated heterocycles. The molecule has 0 bridgehead atoms. The summed E-state index contributed by atoms with van der Waals surface area (Å²) in [6, 6.07) is 15.9. The van der Waals surface area contributed by atoms with E-state index in [9.17, 15) is 4.79 Å². The minimum absolute atomic E-state index is 0.0195. The molecular weight excluding hydrogens is 260 g/mol. The summed E-state index contributed by atoms with van der Waals surface area (Å²) >= 11 is 0. The summed E-state index contributed by atoms with van der Waals surface area (Å²) in [6.45, 7) is 3.71. The molecule has 0 aliphatic carbocycles. The van der Waals surface area contributed by atoms with Gasteiger partial charge in [0.2, 0.25) is 0 Å². The molecular formula is C18H16N2O. The van der Waals surface area contributed by atoms with Crippen molar-refractivity contribution in [2.24, 2.45) is 0 Å². The van der Waals surface area contributed by atoms with Crippen molar-refractivity contribution in [1.82, 2.24) is 0 Å². The number of anilines is 2. The van der Waals surface area contributed by atoms with E-state index in [1.165, 1.54) is 5.56 Å². The lowest BCUT2D eigenvalue weighted by Crippen LogP contribution is -2.25. The molecule has 0 aromatic heterocycles. The third-order valence-electron chi connectivity index (χ3n) is 3.97. The summed E-state index contributed by atoms with van der Waals surface area (Å²) in [6.07, 6.45) is 0.949. The zero-order chi connectivity index (χ0) is 15.0. The largest absolute Gasteiger partial charge is 0.337 e. The predicted octanol–water partition coefficient (Wildman–Crippen LogP) is 3.84. The number of carbonyl (C=O) groups excluding carboxylic acids is 1. The van der Waals surface area contributed by atoms with Gasteiger partial charge in [0.25, 0.3) is 0 Å². The number of nitrogens with zero attached hydrogens (tertiary/aromatic N) is 2. The van der Waals surface area contributed by atoms with Crippen molar-refractivity contribution in [2.45, 2.75) is 26.3 Å². The first-order valence-corrected chi connectivity index (χ1v) is 7.04. The SMILES string of the molecule is CC(=O)c1ccc(C#N)cc1N1c2ccccc2CC1C. The van der Waals surface area contributed by atoms with Crippen molar-refractivity contribution < 1.29 is 4.79 Å². The van der Waals surface area contributed by atoms with Gasteiger partial charge < -0.3 is 4.90 Å². The molecule has 1 aliphatic rings. The maximum atomic E-state index is 11.9. The topological polar surface area (TPSA) is 44.1 Å². The average Bonchev–Trinajstić information content (AvgIpc) is 2.82. The van der Waals surface area contributed by atoms with Crippen LogP contribution in [0.3, 0.4) is 0 Å². The molecule has 1 unspecified atom stereocenters. The Morgan fingerprint density at radius 2 is 2.00 bits per heavy atom. The number of hydrogen-bond donors (Lipinski definition) is 0. The van der Waals surface area contributed by atoms with E-state index in [1.807, 2.05) is 18.2 Å². The maximum Gasteiger partial charge on any atom is 0.161 e. The highest BCUT2D eigenvalue weighted by Crippen LogP contribution is 2.40. The molecule has 0 spiro atoms. The van der Waals surface area contributed by atoms with Crippen LogP contribution >= 0.6 is 0 Å². The normalized spacial score (nSPS) is 16.4. The summed E-state index contributed by atoms with van der Waals surface area (Å²) in [5.74, 6) is 0.0195. The highest BCUT2D eigenvalue weighted by molar-refractivity contribution is 6.01. The number of para-hydroxylation sites is 1. The second-order valence-electron chi connectivity index (χ2n) is 5.45. The number of carbonyl (C=O) groups is 1. The van der Waals surface area contributed by atoms with E-state index in [4.69, 9.17) is 5.26 Å². The molecule has 3 nitrogen and oxygen atoms in total. The Balaban J connectivity index is 2.20. The first-order valence-electron chi connectivity index (χ1n) is 7.04. The van der Waals surface area contributed by atoms with Gasteiger partial charge in [0.15, 0.2) is 5.78 Å². The Hall–Kier alpha value is -2.60. The summed E-state index contributed by atoms with van der Waals surface area (Å²) in [5.41, 5.74) is 4.48. The van der Waals surface area contributed by atoms with Crippen molar-refractivity contribution in [3.05, 3.63) is 59.2 Å². The molecule has 1 aliphatic heterocycles. The summed E-state index contributed by atoms with van der Waals surface area (Å²) in [4.78, 5) is 14.1. The van der Waals surface area contributed by atoms with Crippen LogP contribution in [-0.2, 0) is 6.42 Å². The minimum Gasteiger partial charge on any atom is -0.337 e. The molecule has 0 fully saturated rings. The first-order chi connectivity index (χ1) is 10.1. The van der Waals surface area contributed by atoms with Gasteiger partial charge in [-0.15, -0.1) is 0 Å². The molecule has 3 rings (SSSR count). The fraction of sp³-hybridized carbons (Fsp3) is 0.222. The van der Waals surface area contributed by atoms with Crippen LogP contribution in [0.25, 0.3) is 0 Å². The third-order valence-corrected chi connectivity index (χ3v) is 3.97. The number of rotatable bonds is 2. The quantitative estimate of drug-likeness (QED) is 0.783. The average molecular weight is 276 g/mol. The highest BCUT2D eigenvalue weighted by atomic mass is 16.1. The van der Waals surface area contributed by atoms with Crippen molar-refractivity contribution in [2.75, 3.05) is 4.90 Å². The Kier molecular flexibility index (Phi) is 3.23. The van der Waals surface area contributed by atoms with E-state index in [2.05, 4.69) is 30.0 Å². The van der Waals surface area contributed by atoms with Crippen LogP contribution in [0.4, 0.5) is 11.4 Å². The summed E-state index contributed by atoms with van der Waals surface area (Å²) < 4.78 is 0. The van der Waals surface area contributed by atoms with Crippen molar-refractivity contribution >= 4 is 17.2 Å². The summed E-state index contributed by atoms with van der Waals surface area (Å²) in [7, 11) is 0. The lowest BCUT2D eigenvalue weighted by Gasteiger charge is -2.27. The number of ketones is 1. The van der Waals surface area contributed by atoms with Gasteiger partial charge in [0.1, 0.15) is 0 Å². The van der Waals surface area contributed by atoms with Gasteiger partial charge in [0.05, 0.1) is 17.3 Å². The summed E-state index contributed by atoms with van der Waals surface area (Å²) in [5, 5.41) is 9.14. The van der Waals surface area contributed by atoms with Gasteiger partial charge in [-0.3, -0.25) is 4.79 Å². The van der Waals surface area contributed by atoms with Crippen molar-refractivity contribution in [3.8, 4) is 6.07 Å². The zero-order valence-electron chi connectivity index (χ0n) is 12.1. The predicted molar refractivity (Wildman–Crippen MR) is 82.9 cm³/mol. The molecule has 0 amide bonds. The molecule has 0 saturated carbocycles. The smallest absolute Gasteiger partial charge is 0.161 e. The fourth-order valence-electron chi connectivity index (χ4n) is 3.03. The minimum atomic E-state index is 0.0195. The molecule has 21 heavy (non-hydrogen) atoms. The molecule has 3 heteroatoms. The zero-order valence-corrected chi connectivity index (χ0v) is 12.1. The van der Waals surface area contributed by atoms with Gasteiger partial charge in [-0.2, -0.15) is 5.26 Å². The van der Waals surface area contributed by atoms with Crippen LogP contribution in [0.2, 0.25) is 0 Å². The fourth-order valence-corrected chi connectivity index (χ4v) is 3.03. The second kappa shape index (κ2) is 5.06. The van der Waals surface area contributed by atoms with Gasteiger partial charge in [-0.25, -0.2) is 0 Å². The van der Waals surface area contributed by atoms with Gasteiger partial charge in [0, 0.05) is 17.3 Å². The molecule has 0 N–H and O–H groups in total. The maximum absolute atomic E-state index is 11.9. The Morgan fingerprint density at radius 1 is 1.24 bits per heavy atom. The van der Waals surface area contributed by atoms with E-state index in [0.717, 1.165) is 17.8 Å². The van der Waals surface area contributed by atoms with E-state index >= 15 is 0 Å². The van der Waals surface area contributed by atoms with Crippen LogP contribution in [0.15, 0.2) is 42.5 Å². The monoisotopic (exact) mass is 276 g/mol. The number of benzene rings is 2. The Bertz CT molecular complexity index is 758. The van der Waals surface area contributed by atoms with Gasteiger partial charge in [-0.05, 0) is 50.1 Å². The van der Waals surface area contributed by atoms with Gasteiger partial charge in [-0.1, -0.05) is 18.2 Å². The van der Waals surface area contributed by atoms with E-state index in [-0.39, 0.29) is 11.8 Å². The van der Waals surface area contributed by atoms with Crippen molar-refractivity contribution in [1.29, 1.82) is 5.26 Å². The van der Waals surface area contributed by atoms with Crippen LogP contribution in [0.5, 0.6) is 0 Å². The van der Waals surface area contributed by atoms with Gasteiger partial charge >= 0.3 is 0 Å². The van der Waals surface area contributed by atoms with E-state index in [1.54, 1.807) is 19.1 Å². The molecule has 1 atom stereocenters. The lowest BCUT2D eigenvalue weighted by atomic mass is 10.0. The number of Topliss-reactive ketones (excluding diaryl/α,β-unsaturated/α-hetero) is 1. The standard InChI is InChI=1S/C18H16N2O/c1-12-9-15-5-3-4-6-17(15)20(12)18-10-14(11-19)7-8-16(18)13(2)21/h3-8,10,12H,9H2,1-2H3. The molecule has 2 aromatic carbocycles. The number of nitriles is 1. The number of fused-ring (bicyclic) bond motifs is 1. The van der Waals surface area contributed by atoms with E-state index in [0.29, 0.717) is 11.1 Å². The van der Waals surface area contributed by atoms with Crippen molar-refractivity contribution in [3.63, 3.8) is 0 Å². The molecule has 1 heterocycles. The highest BCUT2D eigenvalue weighted by Gasteiger charge is 2.29. The van der Waals surface area contributed by atoms with Crippen LogP contribution in [0, 0.1) is 11.3 Å². The van der Waals surface area contributed by atoms with Crippen LogP contribution < -0.4 is 4.90 Å². The first kappa shape index (κ1) is 13.4. The number of hydrogen-bond acceptors (Lipinski definition) is 3. The third kappa shape index (κ3) is 2.19. The molecule has 2 aromatic rings. The Labute approximate surface area is 124 Å². The Morgan fingerprint density at radius 3 is 2.71 bits per heavy atom.